The van der Waals surface area contributed by atoms with Crippen LogP contribution in [0.2, 0.25) is 0 Å². The lowest BCUT2D eigenvalue weighted by Crippen LogP contribution is -2.37. The number of carbonyl (C=O) groups is 4. The number of benzene rings is 2. The van der Waals surface area contributed by atoms with E-state index < -0.39 is 41.9 Å². The fraction of sp³-hybridized carbons (Fsp3) is 0.484. The van der Waals surface area contributed by atoms with E-state index in [1.807, 2.05) is 27.7 Å². The molecule has 0 aliphatic rings. The molecule has 218 valence electrons. The Hall–Kier alpha value is -3.72. The van der Waals surface area contributed by atoms with Crippen molar-refractivity contribution in [1.29, 1.82) is 0 Å². The number of esters is 4. The van der Waals surface area contributed by atoms with Crippen LogP contribution >= 0.6 is 0 Å². The molecule has 2 unspecified atom stereocenters. The van der Waals surface area contributed by atoms with Crippen molar-refractivity contribution in [2.75, 3.05) is 6.61 Å². The maximum atomic E-state index is 12.7. The first-order chi connectivity index (χ1) is 18.8. The van der Waals surface area contributed by atoms with Crippen LogP contribution in [-0.2, 0) is 30.3 Å². The molecule has 0 saturated carbocycles. The van der Waals surface area contributed by atoms with Crippen molar-refractivity contribution >= 4 is 23.9 Å². The highest BCUT2D eigenvalue weighted by molar-refractivity contribution is 5.89. The second kappa shape index (κ2) is 15.2. The minimum atomic E-state index is -1.04. The summed E-state index contributed by atoms with van der Waals surface area (Å²) < 4.78 is 21.8. The highest BCUT2D eigenvalue weighted by Gasteiger charge is 2.25. The maximum absolute atomic E-state index is 12.7. The summed E-state index contributed by atoms with van der Waals surface area (Å²) >= 11 is 0. The van der Waals surface area contributed by atoms with Gasteiger partial charge in [0.05, 0.1) is 17.4 Å². The Labute approximate surface area is 236 Å². The molecule has 0 saturated heterocycles. The van der Waals surface area contributed by atoms with E-state index in [9.17, 15) is 19.2 Å². The van der Waals surface area contributed by atoms with Crippen LogP contribution < -0.4 is 15.2 Å². The summed E-state index contributed by atoms with van der Waals surface area (Å²) in [4.78, 5) is 50.0. The van der Waals surface area contributed by atoms with Gasteiger partial charge in [0.25, 0.3) is 0 Å². The van der Waals surface area contributed by atoms with E-state index in [1.54, 1.807) is 57.2 Å². The molecule has 2 aromatic rings. The van der Waals surface area contributed by atoms with Gasteiger partial charge in [0.1, 0.15) is 18.8 Å². The van der Waals surface area contributed by atoms with Crippen molar-refractivity contribution in [1.82, 2.24) is 0 Å². The molecular weight excluding hydrogens is 514 g/mol. The molecule has 0 amide bonds. The lowest BCUT2D eigenvalue weighted by atomic mass is 9.98. The summed E-state index contributed by atoms with van der Waals surface area (Å²) in [6.07, 6.45) is -0.652. The number of nitrogens with two attached hydrogens (primary N) is 1. The van der Waals surface area contributed by atoms with Gasteiger partial charge in [-0.3, -0.25) is 14.4 Å². The van der Waals surface area contributed by atoms with E-state index in [2.05, 4.69) is 0 Å². The first kappa shape index (κ1) is 32.5. The molecular formula is C31H41NO8. The summed E-state index contributed by atoms with van der Waals surface area (Å²) in [7, 11) is 0. The van der Waals surface area contributed by atoms with E-state index in [4.69, 9.17) is 24.7 Å². The molecule has 2 rings (SSSR count). The zero-order valence-corrected chi connectivity index (χ0v) is 24.3. The summed E-state index contributed by atoms with van der Waals surface area (Å²) in [6, 6.07) is 12.1. The van der Waals surface area contributed by atoms with Crippen LogP contribution in [0.3, 0.4) is 0 Å². The highest BCUT2D eigenvalue weighted by atomic mass is 16.6. The first-order valence-corrected chi connectivity index (χ1v) is 13.5. The van der Waals surface area contributed by atoms with Gasteiger partial charge in [-0.05, 0) is 55.0 Å². The molecule has 2 N–H and O–H groups in total. The first-order valence-electron chi connectivity index (χ1n) is 13.5. The van der Waals surface area contributed by atoms with Crippen molar-refractivity contribution in [2.24, 2.45) is 29.4 Å². The molecule has 4 atom stereocenters. The van der Waals surface area contributed by atoms with Gasteiger partial charge in [0.2, 0.25) is 0 Å². The van der Waals surface area contributed by atoms with Crippen LogP contribution in [0, 0.1) is 23.7 Å². The van der Waals surface area contributed by atoms with Gasteiger partial charge in [-0.2, -0.15) is 0 Å². The SMILES string of the molecule is CC(C)C(C)C(=O)Oc1ccc(C[C@H](N)C(=O)O[C@@H](C)COC(=O)c2ccccc2)cc1OC(=O)C(C)C(C)C. The van der Waals surface area contributed by atoms with Crippen molar-refractivity contribution in [3.8, 4) is 11.5 Å². The van der Waals surface area contributed by atoms with Crippen molar-refractivity contribution < 1.29 is 38.1 Å². The minimum absolute atomic E-state index is 0.0415. The molecule has 2 aromatic carbocycles. The summed E-state index contributed by atoms with van der Waals surface area (Å²) in [5.74, 6) is -2.60. The van der Waals surface area contributed by atoms with E-state index in [0.717, 1.165) is 0 Å². The van der Waals surface area contributed by atoms with Crippen molar-refractivity contribution in [3.05, 3.63) is 59.7 Å². The molecule has 0 heterocycles. The summed E-state index contributed by atoms with van der Waals surface area (Å²) in [6.45, 7) is 12.6. The number of carbonyl (C=O) groups excluding carboxylic acids is 4. The quantitative estimate of drug-likeness (QED) is 0.275. The molecule has 40 heavy (non-hydrogen) atoms. The van der Waals surface area contributed by atoms with Crippen LogP contribution in [0.1, 0.15) is 64.4 Å². The molecule has 0 bridgehead atoms. The normalized spacial score (nSPS) is 14.2. The van der Waals surface area contributed by atoms with Crippen LogP contribution in [-0.4, -0.2) is 42.6 Å². The fourth-order valence-corrected chi connectivity index (χ4v) is 3.30. The predicted octanol–water partition coefficient (Wildman–Crippen LogP) is 4.74. The Kier molecular flexibility index (Phi) is 12.3. The Morgan fingerprint density at radius 2 is 1.27 bits per heavy atom. The standard InChI is InChI=1S/C31H41NO8/c1-18(2)21(6)28(33)39-26-14-13-23(16-27(26)40-29(34)22(7)19(3)4)15-25(32)31(36)38-20(5)17-37-30(35)24-11-9-8-10-12-24/h8-14,16,18-22,25H,15,17,32H2,1-7H3/t20-,21?,22?,25-/m0/s1. The van der Waals surface area contributed by atoms with Gasteiger partial charge < -0.3 is 24.7 Å². The lowest BCUT2D eigenvalue weighted by molar-refractivity contribution is -0.151. The smallest absolute Gasteiger partial charge is 0.338 e. The Morgan fingerprint density at radius 1 is 0.725 bits per heavy atom. The third kappa shape index (κ3) is 9.79. The van der Waals surface area contributed by atoms with Crippen molar-refractivity contribution in [2.45, 2.75) is 67.0 Å². The molecule has 9 nitrogen and oxygen atoms in total. The molecule has 0 aliphatic carbocycles. The lowest BCUT2D eigenvalue weighted by Gasteiger charge is -2.20. The minimum Gasteiger partial charge on any atom is -0.458 e. The Balaban J connectivity index is 2.08. The molecule has 0 fully saturated rings. The zero-order chi connectivity index (χ0) is 30.0. The molecule has 0 spiro atoms. The van der Waals surface area contributed by atoms with Crippen LogP contribution in [0.15, 0.2) is 48.5 Å². The second-order valence-electron chi connectivity index (χ2n) is 10.7. The average molecular weight is 556 g/mol. The maximum Gasteiger partial charge on any atom is 0.338 e. The third-order valence-corrected chi connectivity index (χ3v) is 6.71. The van der Waals surface area contributed by atoms with E-state index in [0.29, 0.717) is 11.1 Å². The monoisotopic (exact) mass is 555 g/mol. The average Bonchev–Trinajstić information content (AvgIpc) is 2.92. The van der Waals surface area contributed by atoms with Gasteiger partial charge in [0.15, 0.2) is 11.5 Å². The largest absolute Gasteiger partial charge is 0.458 e. The fourth-order valence-electron chi connectivity index (χ4n) is 3.30. The summed E-state index contributed by atoms with van der Waals surface area (Å²) in [5, 5.41) is 0. The molecule has 0 aliphatic heterocycles. The Morgan fingerprint density at radius 3 is 1.82 bits per heavy atom. The highest BCUT2D eigenvalue weighted by Crippen LogP contribution is 2.31. The van der Waals surface area contributed by atoms with Crippen LogP contribution in [0.5, 0.6) is 11.5 Å². The number of hydrogen-bond donors (Lipinski definition) is 1. The second-order valence-corrected chi connectivity index (χ2v) is 10.7. The van der Waals surface area contributed by atoms with Crippen LogP contribution in [0.4, 0.5) is 0 Å². The molecule has 0 radical (unpaired) electrons. The van der Waals surface area contributed by atoms with E-state index in [-0.39, 0.29) is 42.3 Å². The number of hydrogen-bond acceptors (Lipinski definition) is 9. The van der Waals surface area contributed by atoms with Gasteiger partial charge in [0, 0.05) is 0 Å². The number of rotatable bonds is 13. The third-order valence-electron chi connectivity index (χ3n) is 6.71. The zero-order valence-electron chi connectivity index (χ0n) is 24.3. The Bertz CT molecular complexity index is 1160. The number of ether oxygens (including phenoxy) is 4. The van der Waals surface area contributed by atoms with Gasteiger partial charge >= 0.3 is 23.9 Å². The molecule has 0 aromatic heterocycles. The van der Waals surface area contributed by atoms with Gasteiger partial charge in [-0.25, -0.2) is 4.79 Å². The van der Waals surface area contributed by atoms with Crippen molar-refractivity contribution in [3.63, 3.8) is 0 Å². The van der Waals surface area contributed by atoms with E-state index in [1.165, 1.54) is 12.1 Å². The van der Waals surface area contributed by atoms with E-state index >= 15 is 0 Å². The van der Waals surface area contributed by atoms with Crippen LogP contribution in [0.25, 0.3) is 0 Å². The van der Waals surface area contributed by atoms with Gasteiger partial charge in [-0.15, -0.1) is 0 Å². The summed E-state index contributed by atoms with van der Waals surface area (Å²) in [5.41, 5.74) is 7.07. The molecule has 9 heteroatoms. The topological polar surface area (TPSA) is 131 Å². The van der Waals surface area contributed by atoms with Gasteiger partial charge in [-0.1, -0.05) is 65.8 Å². The predicted molar refractivity (Wildman–Crippen MR) is 150 cm³/mol.